The minimum atomic E-state index is -0.521. The van der Waals surface area contributed by atoms with Gasteiger partial charge in [-0.2, -0.15) is 0 Å². The van der Waals surface area contributed by atoms with Gasteiger partial charge < -0.3 is 14.4 Å². The van der Waals surface area contributed by atoms with E-state index in [0.717, 1.165) is 17.3 Å². The summed E-state index contributed by atoms with van der Waals surface area (Å²) in [5.41, 5.74) is -0.521. The summed E-state index contributed by atoms with van der Waals surface area (Å²) in [6.45, 7) is 8.11. The number of amides is 1. The average molecular weight is 465 g/mol. The quantitative estimate of drug-likeness (QED) is 0.387. The predicted octanol–water partition coefficient (Wildman–Crippen LogP) is 5.29. The first-order valence-electron chi connectivity index (χ1n) is 8.58. The molecule has 25 heavy (non-hydrogen) atoms. The molecule has 0 aliphatic carbocycles. The minimum absolute atomic E-state index is 0.0186. The summed E-state index contributed by atoms with van der Waals surface area (Å²) >= 11 is 2.33. The lowest BCUT2D eigenvalue weighted by Crippen LogP contribution is -2.45. The SMILES string of the molecule is CCC([C@H](CCI)COc1ccc(F)cc1)N(C)C(=O)OC(C)(C)C. The maximum absolute atomic E-state index is 13.0. The zero-order chi connectivity index (χ0) is 19.0. The summed E-state index contributed by atoms with van der Waals surface area (Å²) in [7, 11) is 1.78. The lowest BCUT2D eigenvalue weighted by atomic mass is 9.94. The highest BCUT2D eigenvalue weighted by atomic mass is 127. The van der Waals surface area contributed by atoms with Crippen LogP contribution < -0.4 is 4.74 Å². The number of hydrogen-bond donors (Lipinski definition) is 0. The molecule has 1 aromatic rings. The summed E-state index contributed by atoms with van der Waals surface area (Å²) in [5.74, 6) is 0.520. The van der Waals surface area contributed by atoms with Crippen molar-refractivity contribution in [2.45, 2.75) is 52.2 Å². The Morgan fingerprint density at radius 3 is 2.36 bits per heavy atom. The van der Waals surface area contributed by atoms with Crippen LogP contribution in [0.2, 0.25) is 0 Å². The van der Waals surface area contributed by atoms with Gasteiger partial charge in [0.05, 0.1) is 6.61 Å². The van der Waals surface area contributed by atoms with E-state index in [1.807, 2.05) is 20.8 Å². The van der Waals surface area contributed by atoms with E-state index in [4.69, 9.17) is 9.47 Å². The second-order valence-corrected chi connectivity index (χ2v) is 8.15. The number of carbonyl (C=O) groups excluding carboxylic acids is 1. The van der Waals surface area contributed by atoms with Crippen LogP contribution in [0.4, 0.5) is 9.18 Å². The van der Waals surface area contributed by atoms with Gasteiger partial charge in [0.1, 0.15) is 17.2 Å². The van der Waals surface area contributed by atoms with Crippen LogP contribution in [0.1, 0.15) is 40.5 Å². The molecule has 0 N–H and O–H groups in total. The van der Waals surface area contributed by atoms with E-state index in [0.29, 0.717) is 12.4 Å². The fourth-order valence-corrected chi connectivity index (χ4v) is 3.45. The van der Waals surface area contributed by atoms with Crippen molar-refractivity contribution < 1.29 is 18.7 Å². The normalized spacial score (nSPS) is 13.9. The third-order valence-corrected chi connectivity index (χ3v) is 4.52. The Balaban J connectivity index is 2.77. The molecule has 0 heterocycles. The highest BCUT2D eigenvalue weighted by Crippen LogP contribution is 2.23. The summed E-state index contributed by atoms with van der Waals surface area (Å²) in [4.78, 5) is 14.1. The lowest BCUT2D eigenvalue weighted by molar-refractivity contribution is 0.0126. The Kier molecular flexibility index (Phi) is 8.96. The molecule has 0 aliphatic rings. The number of carbonyl (C=O) groups is 1. The average Bonchev–Trinajstić information content (AvgIpc) is 2.53. The molecule has 0 saturated heterocycles. The molecule has 0 aliphatic heterocycles. The fraction of sp³-hybridized carbons (Fsp3) is 0.632. The zero-order valence-electron chi connectivity index (χ0n) is 15.7. The molecule has 1 amide bonds. The molecule has 0 saturated carbocycles. The van der Waals surface area contributed by atoms with Gasteiger partial charge in [0.2, 0.25) is 0 Å². The van der Waals surface area contributed by atoms with Gasteiger partial charge in [0.25, 0.3) is 0 Å². The van der Waals surface area contributed by atoms with Crippen LogP contribution in [-0.4, -0.2) is 40.7 Å². The van der Waals surface area contributed by atoms with Crippen LogP contribution in [0.25, 0.3) is 0 Å². The second kappa shape index (κ2) is 10.2. The molecule has 4 nitrogen and oxygen atoms in total. The van der Waals surface area contributed by atoms with Gasteiger partial charge >= 0.3 is 6.09 Å². The molecule has 0 radical (unpaired) electrons. The number of hydrogen-bond acceptors (Lipinski definition) is 3. The molecule has 142 valence electrons. The monoisotopic (exact) mass is 465 g/mol. The largest absolute Gasteiger partial charge is 0.493 e. The molecule has 6 heteroatoms. The van der Waals surface area contributed by atoms with Crippen LogP contribution in [0.5, 0.6) is 5.75 Å². The number of nitrogens with zero attached hydrogens (tertiary/aromatic N) is 1. The molecule has 0 spiro atoms. The van der Waals surface area contributed by atoms with Crippen molar-refractivity contribution in [1.29, 1.82) is 0 Å². The van der Waals surface area contributed by atoms with Crippen molar-refractivity contribution >= 4 is 28.7 Å². The highest BCUT2D eigenvalue weighted by Gasteiger charge is 2.30. The van der Waals surface area contributed by atoms with Gasteiger partial charge in [-0.1, -0.05) is 29.5 Å². The van der Waals surface area contributed by atoms with Crippen molar-refractivity contribution in [3.63, 3.8) is 0 Å². The Morgan fingerprint density at radius 2 is 1.88 bits per heavy atom. The number of halogens is 2. The van der Waals surface area contributed by atoms with E-state index < -0.39 is 5.60 Å². The van der Waals surface area contributed by atoms with Crippen LogP contribution in [0.15, 0.2) is 24.3 Å². The summed E-state index contributed by atoms with van der Waals surface area (Å²) in [5, 5.41) is 0. The van der Waals surface area contributed by atoms with Crippen molar-refractivity contribution in [1.82, 2.24) is 4.90 Å². The summed E-state index contributed by atoms with van der Waals surface area (Å²) < 4.78 is 25.3. The zero-order valence-corrected chi connectivity index (χ0v) is 17.9. The van der Waals surface area contributed by atoms with E-state index in [2.05, 4.69) is 29.5 Å². The first kappa shape index (κ1) is 22.0. The second-order valence-electron chi connectivity index (χ2n) is 7.07. The topological polar surface area (TPSA) is 38.8 Å². The molecular weight excluding hydrogens is 436 g/mol. The Bertz CT molecular complexity index is 530. The van der Waals surface area contributed by atoms with Crippen molar-refractivity contribution in [2.75, 3.05) is 18.1 Å². The van der Waals surface area contributed by atoms with Gasteiger partial charge in [0, 0.05) is 19.0 Å². The number of benzene rings is 1. The van der Waals surface area contributed by atoms with E-state index in [-0.39, 0.29) is 23.9 Å². The van der Waals surface area contributed by atoms with Crippen molar-refractivity contribution in [3.05, 3.63) is 30.1 Å². The van der Waals surface area contributed by atoms with Crippen LogP contribution in [0, 0.1) is 11.7 Å². The molecule has 1 unspecified atom stereocenters. The van der Waals surface area contributed by atoms with Crippen LogP contribution in [-0.2, 0) is 4.74 Å². The third kappa shape index (κ3) is 7.79. The predicted molar refractivity (Wildman–Crippen MR) is 107 cm³/mol. The third-order valence-electron chi connectivity index (χ3n) is 3.90. The van der Waals surface area contributed by atoms with Gasteiger partial charge in [0.15, 0.2) is 0 Å². The van der Waals surface area contributed by atoms with E-state index >= 15 is 0 Å². The first-order valence-corrected chi connectivity index (χ1v) is 10.1. The van der Waals surface area contributed by atoms with E-state index in [1.54, 1.807) is 24.1 Å². The highest BCUT2D eigenvalue weighted by molar-refractivity contribution is 14.1. The van der Waals surface area contributed by atoms with Gasteiger partial charge in [-0.15, -0.1) is 0 Å². The van der Waals surface area contributed by atoms with Crippen LogP contribution >= 0.6 is 22.6 Å². The fourth-order valence-electron chi connectivity index (χ4n) is 2.65. The van der Waals surface area contributed by atoms with E-state index in [9.17, 15) is 9.18 Å². The maximum atomic E-state index is 13.0. The Morgan fingerprint density at radius 1 is 1.28 bits per heavy atom. The minimum Gasteiger partial charge on any atom is -0.493 e. The number of ether oxygens (including phenoxy) is 2. The molecular formula is C19H29FINO3. The van der Waals surface area contributed by atoms with Gasteiger partial charge in [-0.3, -0.25) is 0 Å². The molecule has 1 aromatic carbocycles. The van der Waals surface area contributed by atoms with E-state index in [1.165, 1.54) is 12.1 Å². The molecule has 1 rings (SSSR count). The summed E-state index contributed by atoms with van der Waals surface area (Å²) in [6.07, 6.45) is 1.41. The molecule has 0 bridgehead atoms. The number of rotatable bonds is 8. The lowest BCUT2D eigenvalue weighted by Gasteiger charge is -2.35. The first-order chi connectivity index (χ1) is 11.7. The number of alkyl halides is 1. The summed E-state index contributed by atoms with van der Waals surface area (Å²) in [6, 6.07) is 6.02. The molecule has 0 aromatic heterocycles. The standard InChI is InChI=1S/C19H29FINO3/c1-6-17(22(5)18(23)25-19(2,3)4)14(11-12-21)13-24-16-9-7-15(20)8-10-16/h7-10,14,17H,6,11-13H2,1-5H3/t14-,17?/m1/s1. The molecule has 2 atom stereocenters. The Labute approximate surface area is 164 Å². The van der Waals surface area contributed by atoms with Crippen molar-refractivity contribution in [3.8, 4) is 5.75 Å². The van der Waals surface area contributed by atoms with Crippen LogP contribution in [0.3, 0.4) is 0 Å². The van der Waals surface area contributed by atoms with Crippen molar-refractivity contribution in [2.24, 2.45) is 5.92 Å². The smallest absolute Gasteiger partial charge is 0.410 e. The van der Waals surface area contributed by atoms with Gasteiger partial charge in [-0.25, -0.2) is 9.18 Å². The van der Waals surface area contributed by atoms with Gasteiger partial charge in [-0.05, 0) is 62.3 Å². The Hall–Kier alpha value is -1.05. The maximum Gasteiger partial charge on any atom is 0.410 e. The molecule has 0 fully saturated rings.